The topological polar surface area (TPSA) is 89.8 Å². The minimum atomic E-state index is -0.836. The van der Waals surface area contributed by atoms with Crippen molar-refractivity contribution in [3.63, 3.8) is 0 Å². The van der Waals surface area contributed by atoms with Crippen LogP contribution in [0.15, 0.2) is 53.1 Å². The molecular formula is C21H20N2O5. The monoisotopic (exact) mass is 380 g/mol. The van der Waals surface area contributed by atoms with Gasteiger partial charge in [-0.3, -0.25) is 20.4 Å². The molecule has 3 aromatic rings. The van der Waals surface area contributed by atoms with Gasteiger partial charge >= 0.3 is 0 Å². The van der Waals surface area contributed by atoms with Crippen molar-refractivity contribution in [2.24, 2.45) is 0 Å². The summed E-state index contributed by atoms with van der Waals surface area (Å²) in [5, 5.41) is 0.888. The normalized spacial score (nSPS) is 15.2. The van der Waals surface area contributed by atoms with Gasteiger partial charge in [0.2, 0.25) is 12.0 Å². The molecule has 2 aromatic carbocycles. The number of nitrogens with one attached hydrogen (secondary N) is 2. The van der Waals surface area contributed by atoms with E-state index in [4.69, 9.17) is 13.9 Å². The molecule has 2 heterocycles. The van der Waals surface area contributed by atoms with E-state index in [2.05, 4.69) is 17.8 Å². The summed E-state index contributed by atoms with van der Waals surface area (Å²) in [5.74, 6) is 0.255. The SMILES string of the molecule is CCc1ccc2c(CC(=O)NNC(=O)[C@@H]3COc4ccccc4O3)coc2c1. The maximum atomic E-state index is 12.2. The number of fused-ring (bicyclic) bond motifs is 2. The highest BCUT2D eigenvalue weighted by Gasteiger charge is 2.27. The quantitative estimate of drug-likeness (QED) is 0.679. The molecule has 0 radical (unpaired) electrons. The van der Waals surface area contributed by atoms with Gasteiger partial charge in [-0.2, -0.15) is 0 Å². The molecule has 1 aromatic heterocycles. The Morgan fingerprint density at radius 3 is 2.75 bits per heavy atom. The van der Waals surface area contributed by atoms with Crippen molar-refractivity contribution in [1.29, 1.82) is 0 Å². The van der Waals surface area contributed by atoms with Crippen molar-refractivity contribution >= 4 is 22.8 Å². The molecule has 28 heavy (non-hydrogen) atoms. The summed E-state index contributed by atoms with van der Waals surface area (Å²) in [5.41, 5.74) is 7.48. The zero-order chi connectivity index (χ0) is 19.5. The molecule has 1 aliphatic rings. The molecule has 0 spiro atoms. The molecule has 144 valence electrons. The van der Waals surface area contributed by atoms with Crippen LogP contribution in [0.2, 0.25) is 0 Å². The number of carbonyl (C=O) groups is 2. The summed E-state index contributed by atoms with van der Waals surface area (Å²) in [6.07, 6.45) is 1.73. The number of para-hydroxylation sites is 2. The van der Waals surface area contributed by atoms with Gasteiger partial charge in [-0.15, -0.1) is 0 Å². The van der Waals surface area contributed by atoms with E-state index >= 15 is 0 Å². The Kier molecular flexibility index (Phi) is 4.89. The average Bonchev–Trinajstić information content (AvgIpc) is 3.13. The third-order valence-corrected chi connectivity index (χ3v) is 4.61. The van der Waals surface area contributed by atoms with E-state index in [1.165, 1.54) is 5.56 Å². The van der Waals surface area contributed by atoms with E-state index in [1.807, 2.05) is 24.3 Å². The maximum Gasteiger partial charge on any atom is 0.283 e. The summed E-state index contributed by atoms with van der Waals surface area (Å²) in [6.45, 7) is 2.14. The minimum absolute atomic E-state index is 0.0743. The van der Waals surface area contributed by atoms with Gasteiger partial charge in [-0.05, 0) is 30.2 Å². The zero-order valence-corrected chi connectivity index (χ0v) is 15.4. The molecule has 0 fully saturated rings. The number of ether oxygens (including phenoxy) is 2. The Bertz CT molecular complexity index is 1030. The molecule has 2 N–H and O–H groups in total. The first kappa shape index (κ1) is 17.9. The molecule has 0 aliphatic carbocycles. The number of aryl methyl sites for hydroxylation is 1. The Hall–Kier alpha value is -3.48. The van der Waals surface area contributed by atoms with Crippen LogP contribution in [0.4, 0.5) is 0 Å². The fourth-order valence-corrected chi connectivity index (χ4v) is 3.06. The second kappa shape index (κ2) is 7.64. The van der Waals surface area contributed by atoms with E-state index in [0.29, 0.717) is 11.5 Å². The maximum absolute atomic E-state index is 12.2. The molecular weight excluding hydrogens is 360 g/mol. The van der Waals surface area contributed by atoms with Crippen molar-refractivity contribution in [1.82, 2.24) is 10.9 Å². The number of hydrazine groups is 1. The molecule has 4 rings (SSSR count). The van der Waals surface area contributed by atoms with Crippen LogP contribution < -0.4 is 20.3 Å². The van der Waals surface area contributed by atoms with Gasteiger partial charge in [0.1, 0.15) is 12.2 Å². The van der Waals surface area contributed by atoms with Crippen LogP contribution in [0, 0.1) is 0 Å². The van der Waals surface area contributed by atoms with E-state index in [1.54, 1.807) is 24.5 Å². The van der Waals surface area contributed by atoms with E-state index in [0.717, 1.165) is 23.0 Å². The van der Waals surface area contributed by atoms with Crippen LogP contribution in [0.3, 0.4) is 0 Å². The Labute approximate surface area is 161 Å². The number of amides is 2. The Morgan fingerprint density at radius 2 is 1.93 bits per heavy atom. The predicted octanol–water partition coefficient (Wildman–Crippen LogP) is 2.53. The lowest BCUT2D eigenvalue weighted by Gasteiger charge is -2.25. The highest BCUT2D eigenvalue weighted by molar-refractivity contribution is 5.89. The van der Waals surface area contributed by atoms with Crippen LogP contribution in [0.5, 0.6) is 11.5 Å². The van der Waals surface area contributed by atoms with Gasteiger partial charge in [-0.25, -0.2) is 0 Å². The van der Waals surface area contributed by atoms with Crippen LogP contribution in [-0.4, -0.2) is 24.5 Å². The first-order valence-corrected chi connectivity index (χ1v) is 9.10. The second-order valence-corrected chi connectivity index (χ2v) is 6.52. The van der Waals surface area contributed by atoms with Crippen molar-refractivity contribution < 1.29 is 23.5 Å². The number of hydrogen-bond acceptors (Lipinski definition) is 5. The number of carbonyl (C=O) groups excluding carboxylic acids is 2. The van der Waals surface area contributed by atoms with Gasteiger partial charge in [0.25, 0.3) is 5.91 Å². The average molecular weight is 380 g/mol. The van der Waals surface area contributed by atoms with Gasteiger partial charge in [0.15, 0.2) is 11.5 Å². The standard InChI is InChI=1S/C21H20N2O5/c1-2-13-7-8-15-14(11-26-18(15)9-13)10-20(24)22-23-21(25)19-12-27-16-5-3-4-6-17(16)28-19/h3-9,11,19H,2,10,12H2,1H3,(H,22,24)(H,23,25)/t19-/m0/s1. The van der Waals surface area contributed by atoms with Gasteiger partial charge in [0, 0.05) is 10.9 Å². The Morgan fingerprint density at radius 1 is 1.11 bits per heavy atom. The van der Waals surface area contributed by atoms with Crippen LogP contribution in [-0.2, 0) is 22.4 Å². The minimum Gasteiger partial charge on any atom is -0.485 e. The number of furan rings is 1. The third kappa shape index (κ3) is 3.64. The molecule has 0 saturated heterocycles. The third-order valence-electron chi connectivity index (χ3n) is 4.61. The highest BCUT2D eigenvalue weighted by atomic mass is 16.6. The van der Waals surface area contributed by atoms with Gasteiger partial charge < -0.3 is 13.9 Å². The fraction of sp³-hybridized carbons (Fsp3) is 0.238. The largest absolute Gasteiger partial charge is 0.485 e. The molecule has 0 bridgehead atoms. The molecule has 7 nitrogen and oxygen atoms in total. The number of hydrogen-bond donors (Lipinski definition) is 2. The molecule has 0 unspecified atom stereocenters. The lowest BCUT2D eigenvalue weighted by Crippen LogP contribution is -2.51. The summed E-state index contributed by atoms with van der Waals surface area (Å²) >= 11 is 0. The van der Waals surface area contributed by atoms with Crippen molar-refractivity contribution in [2.45, 2.75) is 25.9 Å². The summed E-state index contributed by atoms with van der Waals surface area (Å²) in [4.78, 5) is 24.5. The van der Waals surface area contributed by atoms with Crippen molar-refractivity contribution in [3.8, 4) is 11.5 Å². The van der Waals surface area contributed by atoms with E-state index in [9.17, 15) is 9.59 Å². The summed E-state index contributed by atoms with van der Waals surface area (Å²) < 4.78 is 16.7. The number of rotatable bonds is 4. The molecule has 1 atom stereocenters. The second-order valence-electron chi connectivity index (χ2n) is 6.52. The van der Waals surface area contributed by atoms with Crippen molar-refractivity contribution in [3.05, 3.63) is 59.9 Å². The van der Waals surface area contributed by atoms with E-state index in [-0.39, 0.29) is 18.9 Å². The molecule has 1 aliphatic heterocycles. The van der Waals surface area contributed by atoms with Gasteiger partial charge in [0.05, 0.1) is 12.7 Å². The van der Waals surface area contributed by atoms with Crippen molar-refractivity contribution in [2.75, 3.05) is 6.61 Å². The lowest BCUT2D eigenvalue weighted by atomic mass is 10.1. The first-order valence-electron chi connectivity index (χ1n) is 9.10. The zero-order valence-electron chi connectivity index (χ0n) is 15.4. The van der Waals surface area contributed by atoms with Crippen LogP contribution in [0.25, 0.3) is 11.0 Å². The predicted molar refractivity (Wildman–Crippen MR) is 102 cm³/mol. The van der Waals surface area contributed by atoms with Gasteiger partial charge in [-0.1, -0.05) is 31.2 Å². The fourth-order valence-electron chi connectivity index (χ4n) is 3.06. The molecule has 7 heteroatoms. The summed E-state index contributed by atoms with van der Waals surface area (Å²) in [6, 6.07) is 13.0. The smallest absolute Gasteiger partial charge is 0.283 e. The van der Waals surface area contributed by atoms with E-state index < -0.39 is 12.0 Å². The van der Waals surface area contributed by atoms with Crippen LogP contribution >= 0.6 is 0 Å². The highest BCUT2D eigenvalue weighted by Crippen LogP contribution is 2.30. The Balaban J connectivity index is 1.33. The number of benzene rings is 2. The molecule has 0 saturated carbocycles. The van der Waals surface area contributed by atoms with Crippen LogP contribution in [0.1, 0.15) is 18.1 Å². The lowest BCUT2D eigenvalue weighted by molar-refractivity contribution is -0.134. The summed E-state index contributed by atoms with van der Waals surface area (Å²) in [7, 11) is 0. The molecule has 2 amide bonds. The first-order chi connectivity index (χ1) is 13.6.